The zero-order chi connectivity index (χ0) is 21.3. The van der Waals surface area contributed by atoms with Crippen molar-refractivity contribution < 1.29 is 4.79 Å². The molecule has 154 valence electrons. The van der Waals surface area contributed by atoms with E-state index in [9.17, 15) is 4.79 Å². The van der Waals surface area contributed by atoms with Gasteiger partial charge in [-0.3, -0.25) is 4.79 Å². The monoisotopic (exact) mass is 401 g/mol. The highest BCUT2D eigenvalue weighted by atomic mass is 16.2. The number of pyridine rings is 2. The molecule has 0 radical (unpaired) electrons. The summed E-state index contributed by atoms with van der Waals surface area (Å²) in [5.41, 5.74) is 4.40. The van der Waals surface area contributed by atoms with Gasteiger partial charge in [0.25, 0.3) is 0 Å². The highest BCUT2D eigenvalue weighted by molar-refractivity contribution is 5.94. The second-order valence-corrected chi connectivity index (χ2v) is 7.92. The van der Waals surface area contributed by atoms with Crippen LogP contribution in [0.1, 0.15) is 37.6 Å². The fraction of sp³-hybridized carbons (Fsp3) is 0.292. The van der Waals surface area contributed by atoms with Gasteiger partial charge in [-0.2, -0.15) is 0 Å². The minimum Gasteiger partial charge on any atom is -0.345 e. The number of aryl methyl sites for hydroxylation is 1. The van der Waals surface area contributed by atoms with Crippen molar-refractivity contribution in [1.29, 1.82) is 0 Å². The molecule has 4 rings (SSSR count). The van der Waals surface area contributed by atoms with Crippen molar-refractivity contribution in [2.75, 3.05) is 18.4 Å². The second kappa shape index (κ2) is 8.14. The van der Waals surface area contributed by atoms with E-state index in [1.54, 1.807) is 11.1 Å². The SMILES string of the molecule is C=CC(=O)N1CC=C(c2nc(Nc3cc(C)ccn3)cc3c2ccn3C(C)C)CC1. The van der Waals surface area contributed by atoms with Crippen LogP contribution in [-0.2, 0) is 4.79 Å². The fourth-order valence-electron chi connectivity index (χ4n) is 3.86. The van der Waals surface area contributed by atoms with Gasteiger partial charge < -0.3 is 14.8 Å². The quantitative estimate of drug-likeness (QED) is 0.620. The Morgan fingerprint density at radius 1 is 1.27 bits per heavy atom. The lowest BCUT2D eigenvalue weighted by atomic mass is 10.0. The number of nitrogens with one attached hydrogen (secondary N) is 1. The van der Waals surface area contributed by atoms with Gasteiger partial charge in [-0.05, 0) is 62.6 Å². The lowest BCUT2D eigenvalue weighted by Crippen LogP contribution is -2.33. The molecule has 1 aliphatic rings. The minimum atomic E-state index is -0.0321. The van der Waals surface area contributed by atoms with E-state index < -0.39 is 0 Å². The summed E-state index contributed by atoms with van der Waals surface area (Å²) in [6.07, 6.45) is 8.15. The van der Waals surface area contributed by atoms with Crippen molar-refractivity contribution in [3.8, 4) is 0 Å². The molecule has 30 heavy (non-hydrogen) atoms. The third-order valence-electron chi connectivity index (χ3n) is 5.44. The molecule has 0 aromatic carbocycles. The summed E-state index contributed by atoms with van der Waals surface area (Å²) in [5, 5.41) is 4.49. The molecule has 3 aromatic heterocycles. The molecule has 3 aromatic rings. The number of hydrogen-bond acceptors (Lipinski definition) is 4. The maximum atomic E-state index is 11.9. The van der Waals surface area contributed by atoms with E-state index in [0.29, 0.717) is 19.1 Å². The average Bonchev–Trinajstić information content (AvgIpc) is 3.17. The smallest absolute Gasteiger partial charge is 0.246 e. The van der Waals surface area contributed by atoms with Crippen molar-refractivity contribution >= 4 is 34.0 Å². The molecule has 1 amide bonds. The lowest BCUT2D eigenvalue weighted by molar-refractivity contribution is -0.125. The third-order valence-corrected chi connectivity index (χ3v) is 5.44. The Hall–Kier alpha value is -3.41. The maximum absolute atomic E-state index is 11.9. The van der Waals surface area contributed by atoms with Crippen molar-refractivity contribution in [3.05, 3.63) is 66.6 Å². The molecule has 0 atom stereocenters. The largest absolute Gasteiger partial charge is 0.345 e. The zero-order valence-electron chi connectivity index (χ0n) is 17.7. The molecule has 0 saturated carbocycles. The molecule has 0 unspecified atom stereocenters. The van der Waals surface area contributed by atoms with Crippen molar-refractivity contribution in [2.24, 2.45) is 0 Å². The van der Waals surface area contributed by atoms with Crippen LogP contribution in [0.15, 0.2) is 55.4 Å². The van der Waals surface area contributed by atoms with Crippen LogP contribution in [-0.4, -0.2) is 38.4 Å². The van der Waals surface area contributed by atoms with E-state index in [1.807, 2.05) is 19.1 Å². The van der Waals surface area contributed by atoms with Crippen LogP contribution in [0.25, 0.3) is 16.5 Å². The zero-order valence-corrected chi connectivity index (χ0v) is 17.7. The normalized spacial score (nSPS) is 14.1. The van der Waals surface area contributed by atoms with Gasteiger partial charge in [-0.25, -0.2) is 9.97 Å². The van der Waals surface area contributed by atoms with E-state index in [0.717, 1.165) is 45.8 Å². The summed E-state index contributed by atoms with van der Waals surface area (Å²) in [7, 11) is 0. The number of carbonyl (C=O) groups is 1. The maximum Gasteiger partial charge on any atom is 0.246 e. The van der Waals surface area contributed by atoms with Crippen molar-refractivity contribution in [3.63, 3.8) is 0 Å². The summed E-state index contributed by atoms with van der Waals surface area (Å²) in [5.74, 6) is 1.51. The molecule has 0 saturated heterocycles. The molecule has 1 aliphatic heterocycles. The van der Waals surface area contributed by atoms with Gasteiger partial charge >= 0.3 is 0 Å². The first kappa shape index (κ1) is 19.9. The number of amides is 1. The number of rotatable bonds is 5. The first-order valence-electron chi connectivity index (χ1n) is 10.3. The van der Waals surface area contributed by atoms with Gasteiger partial charge in [-0.1, -0.05) is 12.7 Å². The first-order chi connectivity index (χ1) is 14.5. The first-order valence-corrected chi connectivity index (χ1v) is 10.3. The van der Waals surface area contributed by atoms with Gasteiger partial charge in [0.05, 0.1) is 11.2 Å². The highest BCUT2D eigenvalue weighted by Gasteiger charge is 2.20. The Morgan fingerprint density at radius 3 is 2.77 bits per heavy atom. The van der Waals surface area contributed by atoms with Crippen LogP contribution < -0.4 is 5.32 Å². The summed E-state index contributed by atoms with van der Waals surface area (Å²) in [6.45, 7) is 11.2. The number of carbonyl (C=O) groups excluding carboxylic acids is 1. The predicted molar refractivity (Wildman–Crippen MR) is 122 cm³/mol. The van der Waals surface area contributed by atoms with E-state index in [4.69, 9.17) is 4.98 Å². The summed E-state index contributed by atoms with van der Waals surface area (Å²) < 4.78 is 2.26. The van der Waals surface area contributed by atoms with Gasteiger partial charge in [0, 0.05) is 43.0 Å². The molecule has 0 spiro atoms. The highest BCUT2D eigenvalue weighted by Crippen LogP contribution is 2.32. The standard InChI is InChI=1S/C24H27N5O/c1-5-23(30)28-11-7-18(8-12-28)24-19-9-13-29(16(2)3)20(19)15-22(27-24)26-21-14-17(4)6-10-25-21/h5-7,9-10,13-16H,1,8,11-12H2,2-4H3,(H,25,26,27). The van der Waals surface area contributed by atoms with Crippen LogP contribution in [0.4, 0.5) is 11.6 Å². The molecule has 0 fully saturated rings. The number of anilines is 2. The van der Waals surface area contributed by atoms with E-state index in [1.165, 1.54) is 6.08 Å². The fourth-order valence-corrected chi connectivity index (χ4v) is 3.86. The molecular weight excluding hydrogens is 374 g/mol. The van der Waals surface area contributed by atoms with Gasteiger partial charge in [0.1, 0.15) is 11.6 Å². The second-order valence-electron chi connectivity index (χ2n) is 7.92. The van der Waals surface area contributed by atoms with Crippen LogP contribution in [0.3, 0.4) is 0 Å². The minimum absolute atomic E-state index is 0.0321. The number of aromatic nitrogens is 3. The van der Waals surface area contributed by atoms with Crippen molar-refractivity contribution in [1.82, 2.24) is 19.4 Å². The van der Waals surface area contributed by atoms with E-state index >= 15 is 0 Å². The molecular formula is C24H27N5O. The summed E-state index contributed by atoms with van der Waals surface area (Å²) in [6, 6.07) is 8.53. The molecule has 1 N–H and O–H groups in total. The average molecular weight is 402 g/mol. The van der Waals surface area contributed by atoms with Crippen LogP contribution in [0.5, 0.6) is 0 Å². The number of hydrogen-bond donors (Lipinski definition) is 1. The molecule has 0 bridgehead atoms. The Balaban J connectivity index is 1.77. The number of nitrogens with zero attached hydrogens (tertiary/aromatic N) is 4. The molecule has 0 aliphatic carbocycles. The van der Waals surface area contributed by atoms with E-state index in [-0.39, 0.29) is 5.91 Å². The molecule has 6 nitrogen and oxygen atoms in total. The van der Waals surface area contributed by atoms with Gasteiger partial charge in [-0.15, -0.1) is 0 Å². The molecule has 6 heteroatoms. The van der Waals surface area contributed by atoms with Gasteiger partial charge in [0.2, 0.25) is 5.91 Å². The van der Waals surface area contributed by atoms with Gasteiger partial charge in [0.15, 0.2) is 0 Å². The predicted octanol–water partition coefficient (Wildman–Crippen LogP) is 4.87. The Morgan fingerprint density at radius 2 is 2.10 bits per heavy atom. The topological polar surface area (TPSA) is 63.1 Å². The molecule has 4 heterocycles. The lowest BCUT2D eigenvalue weighted by Gasteiger charge is -2.25. The Labute approximate surface area is 176 Å². The van der Waals surface area contributed by atoms with Crippen molar-refractivity contribution in [2.45, 2.75) is 33.2 Å². The summed E-state index contributed by atoms with van der Waals surface area (Å²) in [4.78, 5) is 23.1. The Kier molecular flexibility index (Phi) is 5.40. The van der Waals surface area contributed by atoms with Crippen LogP contribution >= 0.6 is 0 Å². The third kappa shape index (κ3) is 3.85. The summed E-state index contributed by atoms with van der Waals surface area (Å²) >= 11 is 0. The van der Waals surface area contributed by atoms with Crippen LogP contribution in [0.2, 0.25) is 0 Å². The number of fused-ring (bicyclic) bond motifs is 1. The van der Waals surface area contributed by atoms with Crippen LogP contribution in [0, 0.1) is 6.92 Å². The van der Waals surface area contributed by atoms with E-state index in [2.05, 4.69) is 59.7 Å². The Bertz CT molecular complexity index is 1140.